The number of benzene rings is 1. The molecular formula is C10H14Cl2N2O. The van der Waals surface area contributed by atoms with Gasteiger partial charge in [0.25, 0.3) is 0 Å². The Morgan fingerprint density at radius 1 is 1.40 bits per heavy atom. The van der Waals surface area contributed by atoms with Crippen molar-refractivity contribution in [2.75, 3.05) is 17.6 Å². The Balaban J connectivity index is 2.65. The maximum Gasteiger partial charge on any atom is 0.0614 e. The third-order valence-electron chi connectivity index (χ3n) is 1.97. The largest absolute Gasteiger partial charge is 0.397 e. The lowest BCUT2D eigenvalue weighted by Crippen LogP contribution is -2.10. The minimum atomic E-state index is -0.332. The van der Waals surface area contributed by atoms with Gasteiger partial charge in [0.05, 0.1) is 27.5 Å². The minimum absolute atomic E-state index is 0.332. The van der Waals surface area contributed by atoms with Crippen molar-refractivity contribution in [3.63, 3.8) is 0 Å². The molecule has 5 heteroatoms. The first-order chi connectivity index (χ1) is 7.00. The molecule has 1 aromatic rings. The van der Waals surface area contributed by atoms with Gasteiger partial charge < -0.3 is 16.2 Å². The Bertz CT molecular complexity index is 342. The van der Waals surface area contributed by atoms with Gasteiger partial charge in [-0.2, -0.15) is 0 Å². The van der Waals surface area contributed by atoms with E-state index in [9.17, 15) is 0 Å². The van der Waals surface area contributed by atoms with Gasteiger partial charge >= 0.3 is 0 Å². The molecule has 4 N–H and O–H groups in total. The van der Waals surface area contributed by atoms with Crippen LogP contribution in [0, 0.1) is 0 Å². The van der Waals surface area contributed by atoms with Crippen LogP contribution in [0.5, 0.6) is 0 Å². The van der Waals surface area contributed by atoms with Crippen LogP contribution in [-0.4, -0.2) is 17.8 Å². The molecule has 0 fully saturated rings. The van der Waals surface area contributed by atoms with Crippen LogP contribution in [0.25, 0.3) is 0 Å². The minimum Gasteiger partial charge on any atom is -0.397 e. The fourth-order valence-corrected chi connectivity index (χ4v) is 1.47. The highest BCUT2D eigenvalue weighted by Gasteiger charge is 2.04. The van der Waals surface area contributed by atoms with Gasteiger partial charge in [-0.15, -0.1) is 0 Å². The predicted octanol–water partition coefficient (Wildman–Crippen LogP) is 2.76. The molecule has 0 bridgehead atoms. The smallest absolute Gasteiger partial charge is 0.0614 e. The van der Waals surface area contributed by atoms with E-state index in [1.807, 2.05) is 0 Å². The van der Waals surface area contributed by atoms with Gasteiger partial charge in [-0.3, -0.25) is 0 Å². The third kappa shape index (κ3) is 3.78. The summed E-state index contributed by atoms with van der Waals surface area (Å²) in [6.45, 7) is 2.37. The summed E-state index contributed by atoms with van der Waals surface area (Å²) in [5, 5.41) is 13.1. The van der Waals surface area contributed by atoms with Crippen molar-refractivity contribution >= 4 is 34.6 Å². The predicted molar refractivity (Wildman–Crippen MR) is 65.7 cm³/mol. The maximum atomic E-state index is 9.08. The van der Waals surface area contributed by atoms with Crippen LogP contribution < -0.4 is 11.1 Å². The van der Waals surface area contributed by atoms with Crippen LogP contribution >= 0.6 is 23.2 Å². The second-order valence-corrected chi connectivity index (χ2v) is 4.23. The molecule has 0 saturated heterocycles. The van der Waals surface area contributed by atoms with E-state index in [-0.39, 0.29) is 6.10 Å². The summed E-state index contributed by atoms with van der Waals surface area (Å²) in [4.78, 5) is 0. The number of hydrogen-bond acceptors (Lipinski definition) is 3. The third-order valence-corrected chi connectivity index (χ3v) is 2.69. The van der Waals surface area contributed by atoms with Crippen LogP contribution in [0.3, 0.4) is 0 Å². The highest BCUT2D eigenvalue weighted by molar-refractivity contribution is 6.42. The number of nitrogen functional groups attached to an aromatic ring is 1. The molecule has 0 aliphatic carbocycles. The van der Waals surface area contributed by atoms with Crippen LogP contribution in [-0.2, 0) is 0 Å². The number of nitrogens with two attached hydrogens (primary N) is 1. The fraction of sp³-hybridized carbons (Fsp3) is 0.400. The van der Waals surface area contributed by atoms with Crippen molar-refractivity contribution in [3.8, 4) is 0 Å². The van der Waals surface area contributed by atoms with Gasteiger partial charge in [0.2, 0.25) is 0 Å². The highest BCUT2D eigenvalue weighted by atomic mass is 35.5. The van der Waals surface area contributed by atoms with E-state index in [1.54, 1.807) is 19.1 Å². The van der Waals surface area contributed by atoms with Gasteiger partial charge in [0, 0.05) is 6.54 Å². The highest BCUT2D eigenvalue weighted by Crippen LogP contribution is 2.30. The van der Waals surface area contributed by atoms with Crippen LogP contribution in [0.1, 0.15) is 13.3 Å². The molecule has 84 valence electrons. The van der Waals surface area contributed by atoms with Gasteiger partial charge in [-0.05, 0) is 25.5 Å². The first-order valence-corrected chi connectivity index (χ1v) is 5.42. The van der Waals surface area contributed by atoms with Crippen molar-refractivity contribution in [3.05, 3.63) is 22.2 Å². The topological polar surface area (TPSA) is 58.3 Å². The normalized spacial score (nSPS) is 12.5. The monoisotopic (exact) mass is 248 g/mol. The Morgan fingerprint density at radius 3 is 2.60 bits per heavy atom. The molecular weight excluding hydrogens is 235 g/mol. The zero-order valence-corrected chi connectivity index (χ0v) is 9.94. The summed E-state index contributed by atoms with van der Waals surface area (Å²) < 4.78 is 0. The Labute approximate surface area is 99.2 Å². The Morgan fingerprint density at radius 2 is 2.00 bits per heavy atom. The molecule has 0 saturated carbocycles. The number of aliphatic hydroxyl groups is 1. The Hall–Kier alpha value is -0.640. The van der Waals surface area contributed by atoms with Gasteiger partial charge in [-0.25, -0.2) is 0 Å². The standard InChI is InChI=1S/C10H14Cl2N2O/c1-6(15)2-3-14-10-5-8(12)7(11)4-9(10)13/h4-6,14-15H,2-3,13H2,1H3. The van der Waals surface area contributed by atoms with Gasteiger partial charge in [0.1, 0.15) is 0 Å². The Kier molecular flexibility index (Phi) is 4.51. The van der Waals surface area contributed by atoms with Crippen molar-refractivity contribution in [1.82, 2.24) is 0 Å². The lowest BCUT2D eigenvalue weighted by atomic mass is 10.2. The first kappa shape index (κ1) is 12.4. The molecule has 0 aliphatic heterocycles. The van der Waals surface area contributed by atoms with Crippen LogP contribution in [0.15, 0.2) is 12.1 Å². The molecule has 1 unspecified atom stereocenters. The second-order valence-electron chi connectivity index (χ2n) is 3.42. The molecule has 0 amide bonds. The van der Waals surface area contributed by atoms with E-state index in [0.717, 1.165) is 5.69 Å². The van der Waals surface area contributed by atoms with Crippen molar-refractivity contribution in [2.45, 2.75) is 19.4 Å². The lowest BCUT2D eigenvalue weighted by molar-refractivity contribution is 0.189. The van der Waals surface area contributed by atoms with Crippen LogP contribution in [0.2, 0.25) is 10.0 Å². The fourth-order valence-electron chi connectivity index (χ4n) is 1.13. The number of hydrogen-bond donors (Lipinski definition) is 3. The van der Waals surface area contributed by atoms with E-state index in [4.69, 9.17) is 34.0 Å². The first-order valence-electron chi connectivity index (χ1n) is 4.67. The summed E-state index contributed by atoms with van der Waals surface area (Å²) >= 11 is 11.6. The SMILES string of the molecule is CC(O)CCNc1cc(Cl)c(Cl)cc1N. The zero-order chi connectivity index (χ0) is 11.4. The summed E-state index contributed by atoms with van der Waals surface area (Å²) in [5.41, 5.74) is 7.03. The number of anilines is 2. The number of halogens is 2. The van der Waals surface area contributed by atoms with E-state index >= 15 is 0 Å². The quantitative estimate of drug-likeness (QED) is 0.719. The summed E-state index contributed by atoms with van der Waals surface area (Å²) in [6, 6.07) is 3.29. The van der Waals surface area contributed by atoms with Crippen LogP contribution in [0.4, 0.5) is 11.4 Å². The molecule has 1 rings (SSSR count). The number of rotatable bonds is 4. The zero-order valence-electron chi connectivity index (χ0n) is 8.43. The summed E-state index contributed by atoms with van der Waals surface area (Å²) in [7, 11) is 0. The average molecular weight is 249 g/mol. The van der Waals surface area contributed by atoms with E-state index in [1.165, 1.54) is 0 Å². The molecule has 1 atom stereocenters. The number of aliphatic hydroxyl groups excluding tert-OH is 1. The molecule has 3 nitrogen and oxygen atoms in total. The average Bonchev–Trinajstić information content (AvgIpc) is 2.13. The summed E-state index contributed by atoms with van der Waals surface area (Å²) in [6.07, 6.45) is 0.321. The molecule has 0 spiro atoms. The van der Waals surface area contributed by atoms with E-state index < -0.39 is 0 Å². The van der Waals surface area contributed by atoms with Crippen molar-refractivity contribution in [2.24, 2.45) is 0 Å². The molecule has 0 heterocycles. The molecule has 1 aromatic carbocycles. The summed E-state index contributed by atoms with van der Waals surface area (Å²) in [5.74, 6) is 0. The van der Waals surface area contributed by atoms with Crippen molar-refractivity contribution in [1.29, 1.82) is 0 Å². The second kappa shape index (κ2) is 5.45. The maximum absolute atomic E-state index is 9.08. The molecule has 0 aromatic heterocycles. The lowest BCUT2D eigenvalue weighted by Gasteiger charge is -2.11. The number of nitrogens with one attached hydrogen (secondary N) is 1. The van der Waals surface area contributed by atoms with Crippen molar-refractivity contribution < 1.29 is 5.11 Å². The van der Waals surface area contributed by atoms with Gasteiger partial charge in [0.15, 0.2) is 0 Å². The van der Waals surface area contributed by atoms with E-state index in [0.29, 0.717) is 28.7 Å². The molecule has 0 aliphatic rings. The van der Waals surface area contributed by atoms with Gasteiger partial charge in [-0.1, -0.05) is 23.2 Å². The molecule has 0 radical (unpaired) electrons. The molecule has 15 heavy (non-hydrogen) atoms. The van der Waals surface area contributed by atoms with E-state index in [2.05, 4.69) is 5.32 Å².